The van der Waals surface area contributed by atoms with Crippen LogP contribution < -0.4 is 9.80 Å². The van der Waals surface area contributed by atoms with Crippen LogP contribution in [0, 0.1) is 55.4 Å². The Bertz CT molecular complexity index is 3320. The number of furan rings is 2. The zero-order valence-corrected chi connectivity index (χ0v) is 36.6. The predicted molar refractivity (Wildman–Crippen MR) is 263 cm³/mol. The molecule has 4 heteroatoms. The molecular formula is C58H48N2O2. The van der Waals surface area contributed by atoms with Crippen molar-refractivity contribution < 1.29 is 8.83 Å². The van der Waals surface area contributed by atoms with Crippen LogP contribution in [0.5, 0.6) is 0 Å². The van der Waals surface area contributed by atoms with Gasteiger partial charge in [-0.15, -0.1) is 0 Å². The molecule has 0 spiro atoms. The Hall–Kier alpha value is -7.30. The predicted octanol–water partition coefficient (Wildman–Crippen LogP) is 17.2. The molecule has 0 radical (unpaired) electrons. The van der Waals surface area contributed by atoms with Gasteiger partial charge in [-0.1, -0.05) is 83.9 Å². The van der Waals surface area contributed by atoms with Crippen molar-refractivity contribution in [3.63, 3.8) is 0 Å². The van der Waals surface area contributed by atoms with Crippen molar-refractivity contribution in [2.24, 2.45) is 0 Å². The number of hydrogen-bond acceptors (Lipinski definition) is 4. The van der Waals surface area contributed by atoms with E-state index in [1.54, 1.807) is 0 Å². The van der Waals surface area contributed by atoms with Gasteiger partial charge in [0.25, 0.3) is 0 Å². The summed E-state index contributed by atoms with van der Waals surface area (Å²) in [5.74, 6) is 0. The lowest BCUT2D eigenvalue weighted by atomic mass is 9.97. The van der Waals surface area contributed by atoms with Gasteiger partial charge in [0.15, 0.2) is 0 Å². The Labute approximate surface area is 362 Å². The molecule has 0 aliphatic heterocycles. The number of anilines is 6. The van der Waals surface area contributed by atoms with Crippen LogP contribution in [0.15, 0.2) is 154 Å². The monoisotopic (exact) mass is 804 g/mol. The fourth-order valence-electron chi connectivity index (χ4n) is 9.63. The van der Waals surface area contributed by atoms with Gasteiger partial charge in [-0.25, -0.2) is 0 Å². The molecule has 0 aliphatic carbocycles. The van der Waals surface area contributed by atoms with Gasteiger partial charge >= 0.3 is 0 Å². The van der Waals surface area contributed by atoms with Crippen molar-refractivity contribution in [1.29, 1.82) is 0 Å². The molecule has 0 unspecified atom stereocenters. The lowest BCUT2D eigenvalue weighted by molar-refractivity contribution is 0.656. The van der Waals surface area contributed by atoms with Gasteiger partial charge in [0.05, 0.1) is 11.4 Å². The zero-order valence-electron chi connectivity index (χ0n) is 36.6. The van der Waals surface area contributed by atoms with Crippen LogP contribution in [0.1, 0.15) is 44.5 Å². The topological polar surface area (TPSA) is 32.8 Å². The number of aryl methyl sites for hydroxylation is 6. The second-order valence-electron chi connectivity index (χ2n) is 17.4. The van der Waals surface area contributed by atoms with Crippen LogP contribution in [0.2, 0.25) is 0 Å². The van der Waals surface area contributed by atoms with E-state index >= 15 is 0 Å². The number of fused-ring (bicyclic) bond motifs is 10. The first-order valence-corrected chi connectivity index (χ1v) is 21.6. The van der Waals surface area contributed by atoms with E-state index in [0.717, 1.165) is 99.5 Å². The van der Waals surface area contributed by atoms with E-state index in [9.17, 15) is 0 Å². The van der Waals surface area contributed by atoms with E-state index in [2.05, 4.69) is 211 Å². The minimum Gasteiger partial charge on any atom is -0.456 e. The van der Waals surface area contributed by atoms with E-state index in [1.165, 1.54) is 44.5 Å². The summed E-state index contributed by atoms with van der Waals surface area (Å²) in [5.41, 5.74) is 20.0. The fourth-order valence-corrected chi connectivity index (χ4v) is 9.63. The molecule has 0 aliphatic rings. The van der Waals surface area contributed by atoms with Crippen molar-refractivity contribution >= 4 is 99.5 Å². The molecule has 11 rings (SSSR count). The highest BCUT2D eigenvalue weighted by atomic mass is 16.3. The van der Waals surface area contributed by atoms with Crippen molar-refractivity contribution in [3.8, 4) is 0 Å². The molecule has 62 heavy (non-hydrogen) atoms. The van der Waals surface area contributed by atoms with Crippen molar-refractivity contribution in [2.75, 3.05) is 9.80 Å². The van der Waals surface area contributed by atoms with Crippen LogP contribution in [-0.4, -0.2) is 0 Å². The van der Waals surface area contributed by atoms with E-state index in [1.807, 2.05) is 0 Å². The lowest BCUT2D eigenvalue weighted by Gasteiger charge is -2.28. The van der Waals surface area contributed by atoms with Crippen LogP contribution in [-0.2, 0) is 0 Å². The summed E-state index contributed by atoms with van der Waals surface area (Å²) >= 11 is 0. The lowest BCUT2D eigenvalue weighted by Crippen LogP contribution is -2.11. The minimum atomic E-state index is 0.800. The van der Waals surface area contributed by atoms with Crippen molar-refractivity contribution in [2.45, 2.75) is 55.4 Å². The first kappa shape index (κ1) is 37.7. The molecular weight excluding hydrogens is 757 g/mol. The molecule has 0 bridgehead atoms. The summed E-state index contributed by atoms with van der Waals surface area (Å²) in [6.07, 6.45) is 0. The highest BCUT2D eigenvalue weighted by Gasteiger charge is 2.25. The third-order valence-electron chi connectivity index (χ3n) is 13.4. The number of hydrogen-bond donors (Lipinski definition) is 0. The molecule has 302 valence electrons. The second-order valence-corrected chi connectivity index (χ2v) is 17.4. The Balaban J connectivity index is 1.16. The van der Waals surface area contributed by atoms with Crippen LogP contribution in [0.4, 0.5) is 34.1 Å². The molecule has 0 atom stereocenters. The maximum atomic E-state index is 6.92. The van der Waals surface area contributed by atoms with E-state index in [-0.39, 0.29) is 0 Å². The van der Waals surface area contributed by atoms with Gasteiger partial charge in [0.2, 0.25) is 0 Å². The number of rotatable bonds is 6. The van der Waals surface area contributed by atoms with Crippen molar-refractivity contribution in [3.05, 3.63) is 190 Å². The van der Waals surface area contributed by atoms with E-state index in [4.69, 9.17) is 8.83 Å². The largest absolute Gasteiger partial charge is 0.456 e. The molecule has 0 N–H and O–H groups in total. The van der Waals surface area contributed by atoms with Crippen LogP contribution in [0.25, 0.3) is 65.4 Å². The third kappa shape index (κ3) is 5.89. The average molecular weight is 805 g/mol. The second kappa shape index (κ2) is 14.1. The molecule has 0 saturated carbocycles. The summed E-state index contributed by atoms with van der Waals surface area (Å²) in [6, 6.07) is 53.2. The Morgan fingerprint density at radius 2 is 0.661 bits per heavy atom. The van der Waals surface area contributed by atoms with E-state index < -0.39 is 0 Å². The number of nitrogens with zero attached hydrogens (tertiary/aromatic N) is 2. The maximum Gasteiger partial charge on any atom is 0.139 e. The van der Waals surface area contributed by atoms with Gasteiger partial charge in [-0.05, 0) is 154 Å². The van der Waals surface area contributed by atoms with Crippen molar-refractivity contribution in [1.82, 2.24) is 0 Å². The molecule has 2 heterocycles. The summed E-state index contributed by atoms with van der Waals surface area (Å²) in [6.45, 7) is 17.5. The standard InChI is InChI=1S/C58H48N2O2/c1-33-17-21-41(22-18-33)59(43-25-35(3)39(7)36(4)26-43)51-30-55-57(47-15-11-9-13-45(47)51)49-29-50-54(32-53(49)61-55)62-56-31-52(46-14-10-12-16-48(46)58(50)56)60(42-23-19-34(2)20-24-42)44-27-37(5)40(8)38(6)28-44/h9-32H,1-8H3. The molecule has 0 fully saturated rings. The number of benzene rings is 9. The molecule has 11 aromatic rings. The quantitative estimate of drug-likeness (QED) is 0.168. The molecule has 9 aromatic carbocycles. The fraction of sp³-hybridized carbons (Fsp3) is 0.138. The Kier molecular flexibility index (Phi) is 8.59. The van der Waals surface area contributed by atoms with Gasteiger partial charge in [-0.2, -0.15) is 0 Å². The highest BCUT2D eigenvalue weighted by Crippen LogP contribution is 2.49. The molecule has 4 nitrogen and oxygen atoms in total. The van der Waals surface area contributed by atoms with Crippen LogP contribution >= 0.6 is 0 Å². The summed E-state index contributed by atoms with van der Waals surface area (Å²) in [5, 5.41) is 8.96. The van der Waals surface area contributed by atoms with Gasteiger partial charge < -0.3 is 18.6 Å². The smallest absolute Gasteiger partial charge is 0.139 e. The first-order valence-electron chi connectivity index (χ1n) is 21.6. The Morgan fingerprint density at radius 1 is 0.306 bits per heavy atom. The average Bonchev–Trinajstić information content (AvgIpc) is 3.82. The van der Waals surface area contributed by atoms with Gasteiger partial charge in [0, 0.05) is 73.3 Å². The maximum absolute atomic E-state index is 6.92. The Morgan fingerprint density at radius 3 is 1.03 bits per heavy atom. The van der Waals surface area contributed by atoms with E-state index in [0.29, 0.717) is 0 Å². The molecule has 0 amide bonds. The summed E-state index contributed by atoms with van der Waals surface area (Å²) < 4.78 is 13.8. The molecule has 2 aromatic heterocycles. The van der Waals surface area contributed by atoms with Gasteiger partial charge in [-0.3, -0.25) is 0 Å². The highest BCUT2D eigenvalue weighted by molar-refractivity contribution is 6.28. The summed E-state index contributed by atoms with van der Waals surface area (Å²) in [7, 11) is 0. The zero-order chi connectivity index (χ0) is 42.6. The van der Waals surface area contributed by atoms with Gasteiger partial charge in [0.1, 0.15) is 22.3 Å². The third-order valence-corrected chi connectivity index (χ3v) is 13.4. The molecule has 0 saturated heterocycles. The summed E-state index contributed by atoms with van der Waals surface area (Å²) in [4.78, 5) is 4.77. The normalized spacial score (nSPS) is 11.9. The van der Waals surface area contributed by atoms with Crippen LogP contribution in [0.3, 0.4) is 0 Å². The first-order chi connectivity index (χ1) is 30.0. The SMILES string of the molecule is Cc1ccc(N(c2cc(C)c(C)c(C)c2)c2cc3oc4cc5oc6cc(N(c7ccc(C)cc7)c7cc(C)c(C)c(C)c7)c7ccccc7c6c5cc4c3c3ccccc23)cc1. The minimum absolute atomic E-state index is 0.800.